The van der Waals surface area contributed by atoms with Crippen LogP contribution >= 0.6 is 11.3 Å². The Morgan fingerprint density at radius 3 is 2.89 bits per heavy atom. The number of hydrogen-bond donors (Lipinski definition) is 1. The van der Waals surface area contributed by atoms with Crippen molar-refractivity contribution in [2.24, 2.45) is 0 Å². The number of rotatable bonds is 3. The zero-order valence-corrected chi connectivity index (χ0v) is 10.8. The zero-order chi connectivity index (χ0) is 12.4. The summed E-state index contributed by atoms with van der Waals surface area (Å²) in [6.45, 7) is 2.12. The molecule has 3 rings (SSSR count). The smallest absolute Gasteiger partial charge is 0.115 e. The zero-order valence-electron chi connectivity index (χ0n) is 10.00. The highest BCUT2D eigenvalue weighted by molar-refractivity contribution is 7.09. The second-order valence-electron chi connectivity index (χ2n) is 4.11. The third-order valence-corrected chi connectivity index (χ3v) is 3.80. The van der Waals surface area contributed by atoms with Crippen molar-refractivity contribution in [2.45, 2.75) is 13.0 Å². The Labute approximate surface area is 110 Å². The lowest BCUT2D eigenvalue weighted by Crippen LogP contribution is -2.06. The van der Waals surface area contributed by atoms with Crippen LogP contribution < -0.4 is 5.32 Å². The molecule has 0 aliphatic rings. The topological polar surface area (TPSA) is 37.8 Å². The summed E-state index contributed by atoms with van der Waals surface area (Å²) in [6, 6.07) is 10.4. The fraction of sp³-hybridized carbons (Fsp3) is 0.143. The molecule has 0 aliphatic carbocycles. The van der Waals surface area contributed by atoms with Crippen LogP contribution in [-0.2, 0) is 0 Å². The summed E-state index contributed by atoms with van der Waals surface area (Å²) >= 11 is 1.67. The van der Waals surface area contributed by atoms with Crippen LogP contribution in [0.4, 0.5) is 5.69 Å². The van der Waals surface area contributed by atoms with E-state index in [9.17, 15) is 0 Å². The molecular weight excluding hydrogens is 242 g/mol. The van der Waals surface area contributed by atoms with E-state index in [0.29, 0.717) is 0 Å². The van der Waals surface area contributed by atoms with Crippen molar-refractivity contribution in [2.75, 3.05) is 5.32 Å². The lowest BCUT2D eigenvalue weighted by molar-refractivity contribution is 0.871. The summed E-state index contributed by atoms with van der Waals surface area (Å²) < 4.78 is 0. The maximum Gasteiger partial charge on any atom is 0.115 e. The van der Waals surface area contributed by atoms with E-state index in [4.69, 9.17) is 0 Å². The van der Waals surface area contributed by atoms with Gasteiger partial charge >= 0.3 is 0 Å². The molecule has 2 aromatic heterocycles. The van der Waals surface area contributed by atoms with Gasteiger partial charge in [-0.1, -0.05) is 6.07 Å². The van der Waals surface area contributed by atoms with Crippen molar-refractivity contribution < 1.29 is 0 Å². The number of nitrogens with zero attached hydrogens (tertiary/aromatic N) is 2. The van der Waals surface area contributed by atoms with E-state index in [1.54, 1.807) is 11.3 Å². The maximum absolute atomic E-state index is 4.36. The van der Waals surface area contributed by atoms with Crippen LogP contribution in [0, 0.1) is 0 Å². The highest BCUT2D eigenvalue weighted by Crippen LogP contribution is 2.26. The average Bonchev–Trinajstić information content (AvgIpc) is 2.93. The van der Waals surface area contributed by atoms with E-state index in [0.717, 1.165) is 21.6 Å². The molecule has 0 amide bonds. The van der Waals surface area contributed by atoms with Gasteiger partial charge in [0.05, 0.1) is 11.6 Å². The van der Waals surface area contributed by atoms with Crippen molar-refractivity contribution in [3.8, 4) is 0 Å². The number of pyridine rings is 1. The molecule has 3 aromatic rings. The molecule has 1 aromatic carbocycles. The molecule has 18 heavy (non-hydrogen) atoms. The first-order chi connectivity index (χ1) is 8.84. The van der Waals surface area contributed by atoms with Gasteiger partial charge in [0.2, 0.25) is 0 Å². The monoisotopic (exact) mass is 255 g/mol. The van der Waals surface area contributed by atoms with Gasteiger partial charge in [-0.15, -0.1) is 11.3 Å². The van der Waals surface area contributed by atoms with Crippen LogP contribution in [0.25, 0.3) is 10.9 Å². The van der Waals surface area contributed by atoms with E-state index in [2.05, 4.69) is 34.3 Å². The SMILES string of the molecule is CC(Nc1cccc2ncccc12)c1nccs1. The first-order valence-corrected chi connectivity index (χ1v) is 6.72. The number of nitrogens with one attached hydrogen (secondary N) is 1. The number of thiazole rings is 1. The van der Waals surface area contributed by atoms with Gasteiger partial charge < -0.3 is 5.32 Å². The van der Waals surface area contributed by atoms with Crippen LogP contribution in [0.3, 0.4) is 0 Å². The van der Waals surface area contributed by atoms with Gasteiger partial charge in [0.25, 0.3) is 0 Å². The Morgan fingerprint density at radius 2 is 2.06 bits per heavy atom. The van der Waals surface area contributed by atoms with Gasteiger partial charge in [-0.2, -0.15) is 0 Å². The predicted molar refractivity (Wildman–Crippen MR) is 75.9 cm³/mol. The Balaban J connectivity index is 1.95. The molecule has 0 aliphatic heterocycles. The minimum Gasteiger partial charge on any atom is -0.376 e. The number of hydrogen-bond acceptors (Lipinski definition) is 4. The van der Waals surface area contributed by atoms with Crippen molar-refractivity contribution in [3.63, 3.8) is 0 Å². The van der Waals surface area contributed by atoms with E-state index in [-0.39, 0.29) is 6.04 Å². The average molecular weight is 255 g/mol. The fourth-order valence-electron chi connectivity index (χ4n) is 1.97. The van der Waals surface area contributed by atoms with Gasteiger partial charge in [-0.25, -0.2) is 4.98 Å². The van der Waals surface area contributed by atoms with Crippen molar-refractivity contribution in [1.29, 1.82) is 0 Å². The lowest BCUT2D eigenvalue weighted by atomic mass is 10.1. The molecule has 1 N–H and O–H groups in total. The molecule has 90 valence electrons. The molecule has 3 nitrogen and oxygen atoms in total. The molecule has 0 saturated carbocycles. The second kappa shape index (κ2) is 4.74. The van der Waals surface area contributed by atoms with Crippen LogP contribution in [0.15, 0.2) is 48.1 Å². The van der Waals surface area contributed by atoms with E-state index in [1.807, 2.05) is 36.0 Å². The number of aromatic nitrogens is 2. The molecule has 0 saturated heterocycles. The van der Waals surface area contributed by atoms with Gasteiger partial charge in [0, 0.05) is 28.8 Å². The molecule has 0 fully saturated rings. The summed E-state index contributed by atoms with van der Waals surface area (Å²) in [5.41, 5.74) is 2.11. The highest BCUT2D eigenvalue weighted by atomic mass is 32.1. The summed E-state index contributed by atoms with van der Waals surface area (Å²) in [7, 11) is 0. The normalized spacial score (nSPS) is 12.5. The van der Waals surface area contributed by atoms with Gasteiger partial charge in [0.15, 0.2) is 0 Å². The largest absolute Gasteiger partial charge is 0.376 e. The maximum atomic E-state index is 4.36. The summed E-state index contributed by atoms with van der Waals surface area (Å²) in [4.78, 5) is 8.69. The van der Waals surface area contributed by atoms with Crippen molar-refractivity contribution in [1.82, 2.24) is 9.97 Å². The summed E-state index contributed by atoms with van der Waals surface area (Å²) in [5.74, 6) is 0. The number of fused-ring (bicyclic) bond motifs is 1. The van der Waals surface area contributed by atoms with Crippen LogP contribution in [0.5, 0.6) is 0 Å². The summed E-state index contributed by atoms with van der Waals surface area (Å²) in [6.07, 6.45) is 3.65. The minimum atomic E-state index is 0.204. The first-order valence-electron chi connectivity index (χ1n) is 5.84. The molecule has 0 bridgehead atoms. The highest BCUT2D eigenvalue weighted by Gasteiger charge is 2.09. The molecule has 4 heteroatoms. The van der Waals surface area contributed by atoms with Gasteiger partial charge in [0.1, 0.15) is 5.01 Å². The molecule has 1 unspecified atom stereocenters. The van der Waals surface area contributed by atoms with Crippen LogP contribution in [0.1, 0.15) is 18.0 Å². The summed E-state index contributed by atoms with van der Waals surface area (Å²) in [5, 5.41) is 7.73. The van der Waals surface area contributed by atoms with Gasteiger partial charge in [-0.05, 0) is 31.2 Å². The first kappa shape index (κ1) is 11.2. The van der Waals surface area contributed by atoms with Crippen molar-refractivity contribution >= 4 is 27.9 Å². The van der Waals surface area contributed by atoms with Gasteiger partial charge in [-0.3, -0.25) is 4.98 Å². The number of anilines is 1. The third kappa shape index (κ3) is 2.07. The number of benzene rings is 1. The molecule has 0 spiro atoms. The Morgan fingerprint density at radius 1 is 1.11 bits per heavy atom. The quantitative estimate of drug-likeness (QED) is 0.772. The lowest BCUT2D eigenvalue weighted by Gasteiger charge is -2.14. The molecule has 0 radical (unpaired) electrons. The Kier molecular flexibility index (Phi) is 2.94. The molecule has 1 atom stereocenters. The van der Waals surface area contributed by atoms with E-state index in [1.165, 1.54) is 0 Å². The Hall–Kier alpha value is -1.94. The van der Waals surface area contributed by atoms with E-state index >= 15 is 0 Å². The Bertz CT molecular complexity index is 644. The predicted octanol–water partition coefficient (Wildman–Crippen LogP) is 3.86. The fourth-order valence-corrected chi connectivity index (χ4v) is 2.62. The third-order valence-electron chi connectivity index (χ3n) is 2.84. The van der Waals surface area contributed by atoms with Crippen molar-refractivity contribution in [3.05, 3.63) is 53.1 Å². The van der Waals surface area contributed by atoms with Crippen LogP contribution in [0.2, 0.25) is 0 Å². The minimum absolute atomic E-state index is 0.204. The van der Waals surface area contributed by atoms with E-state index < -0.39 is 0 Å². The molecular formula is C14H13N3S. The second-order valence-corrected chi connectivity index (χ2v) is 5.04. The standard InChI is InChI=1S/C14H13N3S/c1-10(14-16-8-9-18-14)17-13-6-2-5-12-11(13)4-3-7-15-12/h2-10,17H,1H3. The molecule has 2 heterocycles. The van der Waals surface area contributed by atoms with Crippen LogP contribution in [-0.4, -0.2) is 9.97 Å².